The minimum Gasteiger partial charge on any atom is -0.481 e. The number of carboxylic acid groups (broad SMARTS) is 1. The summed E-state index contributed by atoms with van der Waals surface area (Å²) >= 11 is 0. The highest BCUT2D eigenvalue weighted by atomic mass is 31.2. The van der Waals surface area contributed by atoms with Crippen molar-refractivity contribution in [1.29, 1.82) is 0 Å². The molecule has 1 rings (SSSR count). The Hall–Kier alpha value is -0.880. The van der Waals surface area contributed by atoms with Crippen LogP contribution in [0.4, 0.5) is 0 Å². The molecule has 0 spiro atoms. The molecule has 0 aliphatic heterocycles. The van der Waals surface area contributed by atoms with Gasteiger partial charge in [-0.15, -0.1) is 0 Å². The van der Waals surface area contributed by atoms with Crippen molar-refractivity contribution in [2.24, 2.45) is 0 Å². The summed E-state index contributed by atoms with van der Waals surface area (Å²) in [5.41, 5.74) is 1.63. The molecule has 1 N–H and O–H groups in total. The highest BCUT2D eigenvalue weighted by Crippen LogP contribution is 2.63. The van der Waals surface area contributed by atoms with Crippen molar-refractivity contribution in [2.45, 2.75) is 149 Å². The van der Waals surface area contributed by atoms with E-state index in [0.29, 0.717) is 0 Å². The minimum atomic E-state index is -0.885. The molecule has 0 unspecified atom stereocenters. The summed E-state index contributed by atoms with van der Waals surface area (Å²) in [7, 11) is -0.885. The molecule has 36 heavy (non-hydrogen) atoms. The molecule has 0 atom stereocenters. The first kappa shape index (κ1) is 35.1. The van der Waals surface area contributed by atoms with E-state index in [0.717, 1.165) is 6.92 Å². The Kier molecular flexibility index (Phi) is 25.1. The third kappa shape index (κ3) is 22.3. The second kappa shape index (κ2) is 25.8. The number of aliphatic carboxylic acids is 1. The van der Waals surface area contributed by atoms with Crippen LogP contribution in [0.1, 0.15) is 149 Å². The molecular formula is C33H62O2P+. The van der Waals surface area contributed by atoms with Crippen LogP contribution in [0.5, 0.6) is 0 Å². The summed E-state index contributed by atoms with van der Waals surface area (Å²) in [6.45, 7) is 8.08. The van der Waals surface area contributed by atoms with Crippen molar-refractivity contribution >= 4 is 13.2 Å². The van der Waals surface area contributed by atoms with Crippen molar-refractivity contribution in [3.63, 3.8) is 0 Å². The average Bonchev–Trinajstić information content (AvgIpc) is 2.86. The van der Waals surface area contributed by atoms with Gasteiger partial charge in [0.1, 0.15) is 0 Å². The van der Waals surface area contributed by atoms with Crippen LogP contribution in [0, 0.1) is 0 Å². The van der Waals surface area contributed by atoms with Crippen LogP contribution in [0.15, 0.2) is 30.3 Å². The predicted molar refractivity (Wildman–Crippen MR) is 165 cm³/mol. The maximum atomic E-state index is 9.00. The van der Waals surface area contributed by atoms with Crippen molar-refractivity contribution in [1.82, 2.24) is 0 Å². The Morgan fingerprint density at radius 1 is 0.583 bits per heavy atom. The molecule has 0 fully saturated rings. The van der Waals surface area contributed by atoms with Gasteiger partial charge in [0.05, 0.1) is 24.6 Å². The standard InChI is InChI=1S/C31H58P.C2H4O2/c1-4-7-10-13-16-22-27-32(28-23-17-14-11-8-5-2,29-24-18-15-12-9-6-3)30-31-25-20-19-21-26-31;1-2(3)4/h19-21,25-26H,4-18,22-24,27-30H2,1-3H3;1H3,(H,3,4)/q+1;. The fourth-order valence-electron chi connectivity index (χ4n) is 5.23. The summed E-state index contributed by atoms with van der Waals surface area (Å²) in [5.74, 6) is -0.833. The Morgan fingerprint density at radius 3 is 1.22 bits per heavy atom. The molecule has 210 valence electrons. The number of hydrogen-bond acceptors (Lipinski definition) is 1. The maximum Gasteiger partial charge on any atom is 0.300 e. The van der Waals surface area contributed by atoms with Gasteiger partial charge in [-0.2, -0.15) is 0 Å². The van der Waals surface area contributed by atoms with Gasteiger partial charge in [-0.1, -0.05) is 128 Å². The van der Waals surface area contributed by atoms with Gasteiger partial charge in [0.25, 0.3) is 5.97 Å². The lowest BCUT2D eigenvalue weighted by atomic mass is 10.1. The average molecular weight is 522 g/mol. The molecule has 2 nitrogen and oxygen atoms in total. The zero-order valence-electron chi connectivity index (χ0n) is 24.7. The molecule has 3 heteroatoms. The van der Waals surface area contributed by atoms with Gasteiger partial charge < -0.3 is 5.11 Å². The highest BCUT2D eigenvalue weighted by Gasteiger charge is 2.35. The topological polar surface area (TPSA) is 37.3 Å². The number of benzene rings is 1. The van der Waals surface area contributed by atoms with Crippen LogP contribution in [-0.2, 0) is 11.0 Å². The molecule has 0 radical (unpaired) electrons. The molecule has 0 saturated carbocycles. The fraction of sp³-hybridized carbons (Fsp3) is 0.788. The zero-order chi connectivity index (χ0) is 26.7. The molecule has 0 aliphatic rings. The smallest absolute Gasteiger partial charge is 0.300 e. The third-order valence-electron chi connectivity index (χ3n) is 7.32. The molecule has 1 aromatic rings. The maximum absolute atomic E-state index is 9.00. The molecule has 0 bridgehead atoms. The van der Waals surface area contributed by atoms with Crippen LogP contribution in [0.25, 0.3) is 0 Å². The molecule has 0 aromatic heterocycles. The summed E-state index contributed by atoms with van der Waals surface area (Å²) in [6, 6.07) is 11.6. The van der Waals surface area contributed by atoms with Crippen LogP contribution in [0.3, 0.4) is 0 Å². The lowest BCUT2D eigenvalue weighted by Crippen LogP contribution is -2.12. The molecule has 0 aliphatic carbocycles. The van der Waals surface area contributed by atoms with Crippen molar-refractivity contribution < 1.29 is 9.90 Å². The van der Waals surface area contributed by atoms with E-state index in [1.807, 2.05) is 0 Å². The number of carbonyl (C=O) groups is 1. The second-order valence-corrected chi connectivity index (χ2v) is 15.3. The van der Waals surface area contributed by atoms with Gasteiger partial charge in [-0.05, 0) is 44.1 Å². The largest absolute Gasteiger partial charge is 0.481 e. The van der Waals surface area contributed by atoms with Gasteiger partial charge >= 0.3 is 0 Å². The lowest BCUT2D eigenvalue weighted by Gasteiger charge is -2.28. The van der Waals surface area contributed by atoms with E-state index >= 15 is 0 Å². The van der Waals surface area contributed by atoms with E-state index < -0.39 is 13.2 Å². The number of unbranched alkanes of at least 4 members (excludes halogenated alkanes) is 15. The SMILES string of the molecule is CC(=O)O.CCCCCCCC[P+](CCCCCCCC)(CCCCCCCC)Cc1ccccc1. The molecular weight excluding hydrogens is 459 g/mol. The van der Waals surface area contributed by atoms with Crippen molar-refractivity contribution in [3.05, 3.63) is 35.9 Å². The van der Waals surface area contributed by atoms with E-state index in [4.69, 9.17) is 9.90 Å². The first-order valence-electron chi connectivity index (χ1n) is 15.6. The van der Waals surface area contributed by atoms with Crippen LogP contribution in [-0.4, -0.2) is 29.6 Å². The van der Waals surface area contributed by atoms with Gasteiger partial charge in [0.15, 0.2) is 0 Å². The van der Waals surface area contributed by atoms with Gasteiger partial charge in [-0.3, -0.25) is 4.79 Å². The minimum absolute atomic E-state index is 0.833. The fourth-order valence-corrected chi connectivity index (χ4v) is 10.0. The second-order valence-electron chi connectivity index (χ2n) is 11.0. The first-order chi connectivity index (χ1) is 17.5. The van der Waals surface area contributed by atoms with Crippen molar-refractivity contribution in [2.75, 3.05) is 18.5 Å². The predicted octanol–water partition coefficient (Wildman–Crippen LogP) is 11.4. The summed E-state index contributed by atoms with van der Waals surface area (Å²) in [5, 5.41) is 7.42. The Balaban J connectivity index is 0.00000283. The number of rotatable bonds is 23. The number of hydrogen-bond donors (Lipinski definition) is 1. The summed E-state index contributed by atoms with van der Waals surface area (Å²) < 4.78 is 0. The molecule has 1 aromatic carbocycles. The Bertz CT molecular complexity index is 542. The van der Waals surface area contributed by atoms with E-state index in [2.05, 4.69) is 51.1 Å². The lowest BCUT2D eigenvalue weighted by molar-refractivity contribution is -0.134. The molecule has 0 saturated heterocycles. The van der Waals surface area contributed by atoms with E-state index in [1.54, 1.807) is 24.0 Å². The van der Waals surface area contributed by atoms with Crippen molar-refractivity contribution in [3.8, 4) is 0 Å². The van der Waals surface area contributed by atoms with Gasteiger partial charge in [-0.25, -0.2) is 0 Å². The molecule has 0 amide bonds. The monoisotopic (exact) mass is 521 g/mol. The molecule has 0 heterocycles. The third-order valence-corrected chi connectivity index (χ3v) is 12.1. The van der Waals surface area contributed by atoms with E-state index in [9.17, 15) is 0 Å². The van der Waals surface area contributed by atoms with Gasteiger partial charge in [0, 0.05) is 14.2 Å². The zero-order valence-corrected chi connectivity index (χ0v) is 25.6. The Labute approximate surface area is 226 Å². The quantitative estimate of drug-likeness (QED) is 0.115. The van der Waals surface area contributed by atoms with Crippen LogP contribution in [0.2, 0.25) is 0 Å². The Morgan fingerprint density at radius 2 is 0.889 bits per heavy atom. The summed E-state index contributed by atoms with van der Waals surface area (Å²) in [6.07, 6.45) is 32.2. The van der Waals surface area contributed by atoms with Crippen LogP contribution < -0.4 is 0 Å². The number of carboxylic acids is 1. The first-order valence-corrected chi connectivity index (χ1v) is 18.1. The normalized spacial score (nSPS) is 11.2. The van der Waals surface area contributed by atoms with E-state index in [1.165, 1.54) is 122 Å². The van der Waals surface area contributed by atoms with Gasteiger partial charge in [0.2, 0.25) is 0 Å². The highest BCUT2D eigenvalue weighted by molar-refractivity contribution is 7.75. The summed E-state index contributed by atoms with van der Waals surface area (Å²) in [4.78, 5) is 9.00. The van der Waals surface area contributed by atoms with Crippen LogP contribution >= 0.6 is 7.26 Å². The van der Waals surface area contributed by atoms with E-state index in [-0.39, 0.29) is 0 Å².